The molecule has 10 heavy (non-hydrogen) atoms. The van der Waals surface area contributed by atoms with Crippen LogP contribution >= 0.6 is 0 Å². The smallest absolute Gasteiger partial charge is 0.0540 e. The van der Waals surface area contributed by atoms with E-state index in [0.29, 0.717) is 0 Å². The van der Waals surface area contributed by atoms with Gasteiger partial charge in [-0.15, -0.1) is 0 Å². The fourth-order valence-electron chi connectivity index (χ4n) is 1.32. The number of hydrogen-bond donors (Lipinski definition) is 0. The summed E-state index contributed by atoms with van der Waals surface area (Å²) in [5, 5.41) is 4.18. The van der Waals surface area contributed by atoms with Gasteiger partial charge in [0, 0.05) is 19.3 Å². The third-order valence-electron chi connectivity index (χ3n) is 1.93. The van der Waals surface area contributed by atoms with Crippen molar-refractivity contribution in [1.29, 1.82) is 0 Å². The van der Waals surface area contributed by atoms with E-state index in [1.54, 1.807) is 0 Å². The number of rotatable bonds is 0. The predicted molar refractivity (Wildman–Crippen MR) is 38.6 cm³/mol. The Bertz CT molecular complexity index is 229. The van der Waals surface area contributed by atoms with Crippen LogP contribution in [0.2, 0.25) is 0 Å². The molecule has 3 heteroatoms. The molecule has 0 bridgehead atoms. The van der Waals surface area contributed by atoms with Crippen LogP contribution in [0.1, 0.15) is 5.69 Å². The van der Waals surface area contributed by atoms with Crippen LogP contribution in [0.15, 0.2) is 12.3 Å². The monoisotopic (exact) mass is 137 g/mol. The number of fused-ring (bicyclic) bond motifs is 1. The number of hydrogen-bond acceptors (Lipinski definition) is 2. The van der Waals surface area contributed by atoms with Crippen molar-refractivity contribution in [2.45, 2.75) is 13.1 Å². The van der Waals surface area contributed by atoms with Gasteiger partial charge in [0.25, 0.3) is 0 Å². The van der Waals surface area contributed by atoms with E-state index in [0.717, 1.165) is 19.6 Å². The third kappa shape index (κ3) is 0.827. The molecule has 1 aromatic rings. The van der Waals surface area contributed by atoms with E-state index < -0.39 is 0 Å². The van der Waals surface area contributed by atoms with Crippen LogP contribution in [0.25, 0.3) is 0 Å². The molecule has 1 aliphatic heterocycles. The fraction of sp³-hybridized carbons (Fsp3) is 0.571. The van der Waals surface area contributed by atoms with Crippen molar-refractivity contribution in [3.63, 3.8) is 0 Å². The summed E-state index contributed by atoms with van der Waals surface area (Å²) in [6.45, 7) is 3.20. The second-order valence-electron chi connectivity index (χ2n) is 2.78. The lowest BCUT2D eigenvalue weighted by molar-refractivity contribution is 0.259. The molecule has 0 saturated heterocycles. The van der Waals surface area contributed by atoms with Gasteiger partial charge >= 0.3 is 0 Å². The first kappa shape index (κ1) is 5.92. The zero-order valence-electron chi connectivity index (χ0n) is 6.12. The predicted octanol–water partition coefficient (Wildman–Crippen LogP) is 0.328. The standard InChI is InChI=1S/C7H11N3/c1-9-4-5-10-7(6-9)2-3-8-10/h2-3H,4-6H2,1H3. The van der Waals surface area contributed by atoms with Gasteiger partial charge in [-0.25, -0.2) is 0 Å². The lowest BCUT2D eigenvalue weighted by Gasteiger charge is -2.22. The van der Waals surface area contributed by atoms with Crippen LogP contribution in [0.3, 0.4) is 0 Å². The fourth-order valence-corrected chi connectivity index (χ4v) is 1.32. The summed E-state index contributed by atoms with van der Waals surface area (Å²) in [5.41, 5.74) is 1.33. The SMILES string of the molecule is CN1CCn2nccc2C1. The Morgan fingerprint density at radius 1 is 1.50 bits per heavy atom. The lowest BCUT2D eigenvalue weighted by Crippen LogP contribution is -2.30. The van der Waals surface area contributed by atoms with Gasteiger partial charge in [-0.1, -0.05) is 0 Å². The summed E-state index contributed by atoms with van der Waals surface area (Å²) >= 11 is 0. The van der Waals surface area contributed by atoms with Gasteiger partial charge in [0.1, 0.15) is 0 Å². The largest absolute Gasteiger partial charge is 0.299 e. The summed E-state index contributed by atoms with van der Waals surface area (Å²) in [6.07, 6.45) is 1.87. The minimum Gasteiger partial charge on any atom is -0.299 e. The first-order valence-electron chi connectivity index (χ1n) is 3.55. The quantitative estimate of drug-likeness (QED) is 0.513. The molecule has 1 aromatic heterocycles. The minimum absolute atomic E-state index is 1.04. The molecule has 0 spiro atoms. The van der Waals surface area contributed by atoms with Crippen molar-refractivity contribution < 1.29 is 0 Å². The highest BCUT2D eigenvalue weighted by Crippen LogP contribution is 2.07. The van der Waals surface area contributed by atoms with E-state index in [2.05, 4.69) is 27.8 Å². The second-order valence-corrected chi connectivity index (χ2v) is 2.78. The maximum Gasteiger partial charge on any atom is 0.0540 e. The van der Waals surface area contributed by atoms with Crippen LogP contribution in [0.4, 0.5) is 0 Å². The summed E-state index contributed by atoms with van der Waals surface area (Å²) in [4.78, 5) is 2.30. The molecule has 54 valence electrons. The highest BCUT2D eigenvalue weighted by Gasteiger charge is 2.11. The van der Waals surface area contributed by atoms with Gasteiger partial charge in [0.2, 0.25) is 0 Å². The number of nitrogens with zero attached hydrogens (tertiary/aromatic N) is 3. The van der Waals surface area contributed by atoms with Crippen molar-refractivity contribution in [2.75, 3.05) is 13.6 Å². The maximum absolute atomic E-state index is 4.18. The van der Waals surface area contributed by atoms with E-state index in [-0.39, 0.29) is 0 Å². The molecule has 0 N–H and O–H groups in total. The first-order chi connectivity index (χ1) is 4.86. The third-order valence-corrected chi connectivity index (χ3v) is 1.93. The van der Waals surface area contributed by atoms with E-state index in [1.165, 1.54) is 5.69 Å². The summed E-state index contributed by atoms with van der Waals surface area (Å²) in [6, 6.07) is 2.08. The van der Waals surface area contributed by atoms with Gasteiger partial charge in [-0.05, 0) is 13.1 Å². The molecule has 0 atom stereocenters. The lowest BCUT2D eigenvalue weighted by atomic mass is 10.3. The average Bonchev–Trinajstić information content (AvgIpc) is 2.33. The summed E-state index contributed by atoms with van der Waals surface area (Å²) in [5.74, 6) is 0. The Morgan fingerprint density at radius 3 is 3.30 bits per heavy atom. The van der Waals surface area contributed by atoms with Crippen molar-refractivity contribution in [1.82, 2.24) is 14.7 Å². The molecule has 2 heterocycles. The van der Waals surface area contributed by atoms with E-state index in [4.69, 9.17) is 0 Å². The van der Waals surface area contributed by atoms with Crippen molar-refractivity contribution >= 4 is 0 Å². The van der Waals surface area contributed by atoms with E-state index >= 15 is 0 Å². The Kier molecular flexibility index (Phi) is 1.24. The normalized spacial score (nSPS) is 18.9. The second kappa shape index (κ2) is 2.09. The van der Waals surface area contributed by atoms with Crippen LogP contribution in [-0.4, -0.2) is 28.3 Å². The van der Waals surface area contributed by atoms with E-state index in [1.807, 2.05) is 6.20 Å². The van der Waals surface area contributed by atoms with Crippen LogP contribution < -0.4 is 0 Å². The highest BCUT2D eigenvalue weighted by molar-refractivity contribution is 5.01. The van der Waals surface area contributed by atoms with Gasteiger partial charge < -0.3 is 0 Å². The molecular formula is C7H11N3. The zero-order valence-corrected chi connectivity index (χ0v) is 6.12. The van der Waals surface area contributed by atoms with Crippen LogP contribution in [0.5, 0.6) is 0 Å². The number of aromatic nitrogens is 2. The molecule has 0 amide bonds. The molecule has 2 rings (SSSR count). The summed E-state index contributed by atoms with van der Waals surface area (Å²) in [7, 11) is 2.14. The van der Waals surface area contributed by atoms with E-state index in [9.17, 15) is 0 Å². The Morgan fingerprint density at radius 2 is 2.40 bits per heavy atom. The molecule has 0 aromatic carbocycles. The van der Waals surface area contributed by atoms with Crippen molar-refractivity contribution in [3.8, 4) is 0 Å². The molecule has 0 unspecified atom stereocenters. The average molecular weight is 137 g/mol. The number of likely N-dealkylation sites (N-methyl/N-ethyl adjacent to an activating group) is 1. The Labute approximate surface area is 60.3 Å². The Hall–Kier alpha value is -0.830. The zero-order chi connectivity index (χ0) is 6.97. The highest BCUT2D eigenvalue weighted by atomic mass is 15.3. The molecule has 0 radical (unpaired) electrons. The topological polar surface area (TPSA) is 21.1 Å². The molecule has 0 saturated carbocycles. The summed E-state index contributed by atoms with van der Waals surface area (Å²) < 4.78 is 2.07. The molecule has 1 aliphatic rings. The first-order valence-corrected chi connectivity index (χ1v) is 3.55. The molecular weight excluding hydrogens is 126 g/mol. The van der Waals surface area contributed by atoms with Crippen LogP contribution in [-0.2, 0) is 13.1 Å². The minimum atomic E-state index is 1.04. The molecule has 3 nitrogen and oxygen atoms in total. The van der Waals surface area contributed by atoms with Gasteiger partial charge in [-0.2, -0.15) is 5.10 Å². The van der Waals surface area contributed by atoms with Gasteiger partial charge in [0.15, 0.2) is 0 Å². The molecule has 0 fully saturated rings. The maximum atomic E-state index is 4.18. The van der Waals surface area contributed by atoms with Crippen molar-refractivity contribution in [3.05, 3.63) is 18.0 Å². The van der Waals surface area contributed by atoms with Gasteiger partial charge in [0.05, 0.1) is 12.2 Å². The molecule has 0 aliphatic carbocycles. The Balaban J connectivity index is 2.30. The van der Waals surface area contributed by atoms with Crippen LogP contribution in [0, 0.1) is 0 Å². The van der Waals surface area contributed by atoms with Gasteiger partial charge in [-0.3, -0.25) is 9.58 Å². The van der Waals surface area contributed by atoms with Crippen molar-refractivity contribution in [2.24, 2.45) is 0 Å².